The van der Waals surface area contributed by atoms with Crippen molar-refractivity contribution in [2.24, 2.45) is 0 Å². The van der Waals surface area contributed by atoms with Crippen LogP contribution in [-0.4, -0.2) is 62.5 Å². The maximum Gasteiger partial charge on any atom is 0.236 e. The Morgan fingerprint density at radius 2 is 2.29 bits per heavy atom. The van der Waals surface area contributed by atoms with Gasteiger partial charge in [-0.25, -0.2) is 0 Å². The van der Waals surface area contributed by atoms with Gasteiger partial charge in [-0.3, -0.25) is 9.69 Å². The van der Waals surface area contributed by atoms with Crippen LogP contribution in [0.2, 0.25) is 0 Å². The van der Waals surface area contributed by atoms with Gasteiger partial charge in [-0.1, -0.05) is 0 Å². The third kappa shape index (κ3) is 3.27. The van der Waals surface area contributed by atoms with Gasteiger partial charge < -0.3 is 10.2 Å². The second-order valence-corrected chi connectivity index (χ2v) is 4.15. The molecule has 1 aliphatic heterocycles. The molecular weight excluding hydrogens is 178 g/mol. The van der Waals surface area contributed by atoms with Gasteiger partial charge in [-0.2, -0.15) is 0 Å². The third-order valence-corrected chi connectivity index (χ3v) is 2.77. The number of likely N-dealkylation sites (tertiary alicyclic amines) is 1. The van der Waals surface area contributed by atoms with E-state index in [2.05, 4.69) is 10.2 Å². The van der Waals surface area contributed by atoms with E-state index in [0.717, 1.165) is 13.1 Å². The first-order chi connectivity index (χ1) is 6.63. The number of carbonyl (C=O) groups is 1. The Labute approximate surface area is 86.2 Å². The van der Waals surface area contributed by atoms with Crippen molar-refractivity contribution in [1.82, 2.24) is 15.1 Å². The Bertz CT molecular complexity index is 194. The smallest absolute Gasteiger partial charge is 0.236 e. The maximum atomic E-state index is 11.5. The molecule has 0 aromatic carbocycles. The van der Waals surface area contributed by atoms with Gasteiger partial charge in [-0.15, -0.1) is 0 Å². The van der Waals surface area contributed by atoms with E-state index in [9.17, 15) is 4.79 Å². The van der Waals surface area contributed by atoms with Gasteiger partial charge in [0.05, 0.1) is 6.54 Å². The summed E-state index contributed by atoms with van der Waals surface area (Å²) < 4.78 is 0. The van der Waals surface area contributed by atoms with Crippen LogP contribution in [0, 0.1) is 0 Å². The Hall–Kier alpha value is -0.610. The Morgan fingerprint density at radius 3 is 2.86 bits per heavy atom. The zero-order chi connectivity index (χ0) is 10.6. The fourth-order valence-corrected chi connectivity index (χ4v) is 1.77. The molecule has 0 saturated carbocycles. The highest BCUT2D eigenvalue weighted by atomic mass is 16.2. The predicted octanol–water partition coefficient (Wildman–Crippen LogP) is -0.242. The number of nitrogens with one attached hydrogen (secondary N) is 1. The van der Waals surface area contributed by atoms with E-state index in [1.165, 1.54) is 12.8 Å². The quantitative estimate of drug-likeness (QED) is 0.681. The molecule has 1 heterocycles. The van der Waals surface area contributed by atoms with Gasteiger partial charge in [0.15, 0.2) is 0 Å². The molecular formula is C10H21N3O. The normalized spacial score (nSPS) is 23.5. The van der Waals surface area contributed by atoms with Crippen LogP contribution in [0.5, 0.6) is 0 Å². The van der Waals surface area contributed by atoms with E-state index in [1.54, 1.807) is 4.90 Å². The van der Waals surface area contributed by atoms with Gasteiger partial charge >= 0.3 is 0 Å². The summed E-state index contributed by atoms with van der Waals surface area (Å²) >= 11 is 0. The second-order valence-electron chi connectivity index (χ2n) is 4.15. The molecule has 1 N–H and O–H groups in total. The molecule has 0 aromatic rings. The van der Waals surface area contributed by atoms with Crippen LogP contribution in [0.1, 0.15) is 12.8 Å². The van der Waals surface area contributed by atoms with Gasteiger partial charge in [0.1, 0.15) is 0 Å². The summed E-state index contributed by atoms with van der Waals surface area (Å²) in [5, 5.41) is 3.27. The molecule has 0 spiro atoms. The topological polar surface area (TPSA) is 35.6 Å². The van der Waals surface area contributed by atoms with Crippen LogP contribution in [0.15, 0.2) is 0 Å². The van der Waals surface area contributed by atoms with Crippen molar-refractivity contribution in [3.8, 4) is 0 Å². The SMILES string of the molecule is CNC1CCCN(CC(=O)N(C)C)C1. The molecule has 1 amide bonds. The van der Waals surface area contributed by atoms with E-state index < -0.39 is 0 Å². The highest BCUT2D eigenvalue weighted by Gasteiger charge is 2.20. The highest BCUT2D eigenvalue weighted by molar-refractivity contribution is 5.77. The first kappa shape index (κ1) is 11.5. The summed E-state index contributed by atoms with van der Waals surface area (Å²) in [6.45, 7) is 2.61. The summed E-state index contributed by atoms with van der Waals surface area (Å²) in [5.41, 5.74) is 0. The largest absolute Gasteiger partial charge is 0.348 e. The van der Waals surface area contributed by atoms with E-state index in [0.29, 0.717) is 12.6 Å². The standard InChI is InChI=1S/C10H21N3O/c1-11-9-5-4-6-13(7-9)8-10(14)12(2)3/h9,11H,4-8H2,1-3H3. The van der Waals surface area contributed by atoms with Crippen LogP contribution in [0.25, 0.3) is 0 Å². The molecule has 1 aliphatic rings. The van der Waals surface area contributed by atoms with Gasteiger partial charge in [0.25, 0.3) is 0 Å². The van der Waals surface area contributed by atoms with Gasteiger partial charge in [-0.05, 0) is 26.4 Å². The van der Waals surface area contributed by atoms with Gasteiger partial charge in [0, 0.05) is 26.7 Å². The molecule has 1 rings (SSSR count). The summed E-state index contributed by atoms with van der Waals surface area (Å²) in [4.78, 5) is 15.4. The lowest BCUT2D eigenvalue weighted by atomic mass is 10.1. The minimum atomic E-state index is 0.196. The zero-order valence-electron chi connectivity index (χ0n) is 9.42. The lowest BCUT2D eigenvalue weighted by molar-refractivity contribution is -0.130. The Morgan fingerprint density at radius 1 is 1.57 bits per heavy atom. The molecule has 4 nitrogen and oxygen atoms in total. The molecule has 1 atom stereocenters. The fourth-order valence-electron chi connectivity index (χ4n) is 1.77. The molecule has 4 heteroatoms. The predicted molar refractivity (Wildman–Crippen MR) is 57.2 cm³/mol. The highest BCUT2D eigenvalue weighted by Crippen LogP contribution is 2.09. The van der Waals surface area contributed by atoms with Crippen LogP contribution in [0.4, 0.5) is 0 Å². The number of nitrogens with zero attached hydrogens (tertiary/aromatic N) is 2. The minimum Gasteiger partial charge on any atom is -0.348 e. The Kier molecular flexibility index (Phi) is 4.35. The summed E-state index contributed by atoms with van der Waals surface area (Å²) in [7, 11) is 5.60. The molecule has 1 fully saturated rings. The van der Waals surface area contributed by atoms with Crippen LogP contribution in [0.3, 0.4) is 0 Å². The average molecular weight is 199 g/mol. The van der Waals surface area contributed by atoms with Crippen molar-refractivity contribution in [2.45, 2.75) is 18.9 Å². The van der Waals surface area contributed by atoms with E-state index >= 15 is 0 Å². The molecule has 82 valence electrons. The van der Waals surface area contributed by atoms with Crippen molar-refractivity contribution in [2.75, 3.05) is 40.8 Å². The number of piperidine rings is 1. The molecule has 1 unspecified atom stereocenters. The van der Waals surface area contributed by atoms with Crippen LogP contribution in [-0.2, 0) is 4.79 Å². The van der Waals surface area contributed by atoms with E-state index in [-0.39, 0.29) is 5.91 Å². The summed E-state index contributed by atoms with van der Waals surface area (Å²) in [6.07, 6.45) is 2.41. The first-order valence-electron chi connectivity index (χ1n) is 5.23. The maximum absolute atomic E-state index is 11.5. The monoisotopic (exact) mass is 199 g/mol. The number of rotatable bonds is 3. The average Bonchev–Trinajstić information content (AvgIpc) is 2.18. The summed E-state index contributed by atoms with van der Waals surface area (Å²) in [6, 6.07) is 0.554. The lowest BCUT2D eigenvalue weighted by Gasteiger charge is -2.32. The van der Waals surface area contributed by atoms with Crippen molar-refractivity contribution in [1.29, 1.82) is 0 Å². The molecule has 0 aromatic heterocycles. The van der Waals surface area contributed by atoms with Crippen LogP contribution < -0.4 is 5.32 Å². The number of hydrogen-bond acceptors (Lipinski definition) is 3. The minimum absolute atomic E-state index is 0.196. The molecule has 14 heavy (non-hydrogen) atoms. The van der Waals surface area contributed by atoms with E-state index in [1.807, 2.05) is 21.1 Å². The summed E-state index contributed by atoms with van der Waals surface area (Å²) in [5.74, 6) is 0.196. The number of likely N-dealkylation sites (N-methyl/N-ethyl adjacent to an activating group) is 2. The van der Waals surface area contributed by atoms with Crippen LogP contribution >= 0.6 is 0 Å². The number of carbonyl (C=O) groups excluding carboxylic acids is 1. The van der Waals surface area contributed by atoms with Crippen molar-refractivity contribution >= 4 is 5.91 Å². The zero-order valence-corrected chi connectivity index (χ0v) is 9.42. The van der Waals surface area contributed by atoms with Gasteiger partial charge in [0.2, 0.25) is 5.91 Å². The second kappa shape index (κ2) is 5.32. The number of amides is 1. The first-order valence-corrected chi connectivity index (χ1v) is 5.23. The Balaban J connectivity index is 2.34. The van der Waals surface area contributed by atoms with Crippen molar-refractivity contribution in [3.63, 3.8) is 0 Å². The third-order valence-electron chi connectivity index (χ3n) is 2.77. The van der Waals surface area contributed by atoms with E-state index in [4.69, 9.17) is 0 Å². The molecule has 1 saturated heterocycles. The van der Waals surface area contributed by atoms with Crippen molar-refractivity contribution in [3.05, 3.63) is 0 Å². The molecule has 0 bridgehead atoms. The number of hydrogen-bond donors (Lipinski definition) is 1. The van der Waals surface area contributed by atoms with Crippen molar-refractivity contribution < 1.29 is 4.79 Å². The molecule has 0 radical (unpaired) electrons. The lowest BCUT2D eigenvalue weighted by Crippen LogP contribution is -2.47. The fraction of sp³-hybridized carbons (Fsp3) is 0.900. The molecule has 0 aliphatic carbocycles.